The highest BCUT2D eigenvalue weighted by Crippen LogP contribution is 2.46. The van der Waals surface area contributed by atoms with Gasteiger partial charge in [-0.1, -0.05) is 36.4 Å². The van der Waals surface area contributed by atoms with Gasteiger partial charge >= 0.3 is 0 Å². The van der Waals surface area contributed by atoms with E-state index in [2.05, 4.69) is 0 Å². The van der Waals surface area contributed by atoms with Crippen LogP contribution >= 0.6 is 0 Å². The van der Waals surface area contributed by atoms with Gasteiger partial charge in [-0.2, -0.15) is 8.42 Å². The maximum atomic E-state index is 13.6. The van der Waals surface area contributed by atoms with Gasteiger partial charge < -0.3 is 19.5 Å². The molecule has 2 N–H and O–H groups in total. The molecular formula is C33H35F2NO8S. The van der Waals surface area contributed by atoms with Crippen LogP contribution in [0.5, 0.6) is 0 Å². The molecule has 2 fully saturated rings. The van der Waals surface area contributed by atoms with Crippen molar-refractivity contribution < 1.29 is 45.9 Å². The average Bonchev–Trinajstić information content (AvgIpc) is 2.99. The van der Waals surface area contributed by atoms with Crippen molar-refractivity contribution in [2.75, 3.05) is 30.5 Å². The van der Waals surface area contributed by atoms with Crippen LogP contribution in [0.1, 0.15) is 54.5 Å². The van der Waals surface area contributed by atoms with E-state index in [1.807, 2.05) is 24.3 Å². The van der Waals surface area contributed by atoms with E-state index in [0.717, 1.165) is 11.1 Å². The van der Waals surface area contributed by atoms with Crippen LogP contribution in [-0.2, 0) is 35.6 Å². The van der Waals surface area contributed by atoms with Crippen molar-refractivity contribution >= 4 is 27.5 Å². The van der Waals surface area contributed by atoms with Gasteiger partial charge in [-0.3, -0.25) is 14.1 Å². The number of carbonyl (C=O) groups is 2. The molecule has 2 aliphatic heterocycles. The number of rotatable bonds is 15. The summed E-state index contributed by atoms with van der Waals surface area (Å²) in [7, 11) is -4.23. The fraction of sp³-hybridized carbons (Fsp3) is 0.394. The highest BCUT2D eigenvalue weighted by Gasteiger charge is 2.48. The van der Waals surface area contributed by atoms with Crippen molar-refractivity contribution in [2.45, 2.75) is 49.9 Å². The van der Waals surface area contributed by atoms with Crippen molar-refractivity contribution in [1.82, 2.24) is 0 Å². The lowest BCUT2D eigenvalue weighted by Gasteiger charge is -2.48. The van der Waals surface area contributed by atoms with Gasteiger partial charge in [-0.15, -0.1) is 0 Å². The first kappa shape index (κ1) is 32.8. The van der Waals surface area contributed by atoms with E-state index in [-0.39, 0.29) is 25.0 Å². The normalized spacial score (nSPS) is 19.9. The second kappa shape index (κ2) is 13.8. The summed E-state index contributed by atoms with van der Waals surface area (Å²) < 4.78 is 68.8. The number of amides is 1. The lowest BCUT2D eigenvalue weighted by molar-refractivity contribution is -0.211. The number of halogens is 2. The highest BCUT2D eigenvalue weighted by atomic mass is 32.2. The number of benzene rings is 3. The van der Waals surface area contributed by atoms with Crippen LogP contribution < -0.4 is 4.90 Å². The number of β-lactam (4-membered cyclic amide) rings is 1. The van der Waals surface area contributed by atoms with Crippen LogP contribution in [0.25, 0.3) is 0 Å². The molecule has 2 saturated heterocycles. The number of hydrogen-bond donors (Lipinski definition) is 2. The number of aliphatic hydroxyl groups excluding tert-OH is 1. The van der Waals surface area contributed by atoms with Gasteiger partial charge in [-0.25, -0.2) is 8.78 Å². The van der Waals surface area contributed by atoms with Crippen LogP contribution in [0.15, 0.2) is 72.8 Å². The molecule has 0 unspecified atom stereocenters. The Morgan fingerprint density at radius 3 is 2.20 bits per heavy atom. The number of Topliss-reactive ketones (excluding diaryl/α,β-unsaturated/α-hetero) is 1. The largest absolute Gasteiger partial charge is 0.388 e. The molecule has 0 radical (unpaired) electrons. The zero-order valence-electron chi connectivity index (χ0n) is 24.5. The fourth-order valence-corrected chi connectivity index (χ4v) is 6.21. The summed E-state index contributed by atoms with van der Waals surface area (Å²) in [5, 5.41) is 10.7. The summed E-state index contributed by atoms with van der Waals surface area (Å²) in [5.41, 5.74) is 2.35. The topological polar surface area (TPSA) is 130 Å². The number of ether oxygens (including phenoxy) is 2. The van der Waals surface area contributed by atoms with Gasteiger partial charge in [0, 0.05) is 12.1 Å². The van der Waals surface area contributed by atoms with Crippen molar-refractivity contribution in [3.8, 4) is 0 Å². The zero-order chi connectivity index (χ0) is 32.2. The van der Waals surface area contributed by atoms with E-state index < -0.39 is 50.9 Å². The number of nitrogens with zero attached hydrogens (tertiary/aromatic N) is 1. The van der Waals surface area contributed by atoms with Gasteiger partial charge in [0.05, 0.1) is 37.0 Å². The fourth-order valence-electron chi connectivity index (χ4n) is 5.72. The molecule has 0 spiro atoms. The lowest BCUT2D eigenvalue weighted by atomic mass is 9.78. The minimum atomic E-state index is -4.23. The molecule has 3 atom stereocenters. The van der Waals surface area contributed by atoms with E-state index in [0.29, 0.717) is 50.1 Å². The van der Waals surface area contributed by atoms with Crippen molar-refractivity contribution in [1.29, 1.82) is 0 Å². The molecule has 0 saturated carbocycles. The van der Waals surface area contributed by atoms with Crippen LogP contribution in [0.3, 0.4) is 0 Å². The summed E-state index contributed by atoms with van der Waals surface area (Å²) in [6.45, 7) is 0.335. The average molecular weight is 644 g/mol. The number of anilines is 1. The second-order valence-electron chi connectivity index (χ2n) is 11.7. The molecule has 0 aromatic heterocycles. The first-order chi connectivity index (χ1) is 21.4. The lowest BCUT2D eigenvalue weighted by Crippen LogP contribution is -2.55. The number of aliphatic hydroxyl groups is 1. The first-order valence-electron chi connectivity index (χ1n) is 14.7. The summed E-state index contributed by atoms with van der Waals surface area (Å²) in [6.07, 6.45) is 0.680. The van der Waals surface area contributed by atoms with E-state index in [1.165, 1.54) is 36.4 Å². The predicted molar refractivity (Wildman–Crippen MR) is 161 cm³/mol. The molecule has 12 heteroatoms. The Bertz CT molecular complexity index is 1590. The van der Waals surface area contributed by atoms with Crippen LogP contribution in [-0.4, -0.2) is 60.9 Å². The molecule has 3 aromatic rings. The number of aryl methyl sites for hydroxylation is 1. The summed E-state index contributed by atoms with van der Waals surface area (Å²) in [6, 6.07) is 18.8. The summed E-state index contributed by atoms with van der Waals surface area (Å²) in [5.74, 6) is -2.43. The number of hydrogen-bond acceptors (Lipinski definition) is 7. The Morgan fingerprint density at radius 1 is 1.00 bits per heavy atom. The maximum absolute atomic E-state index is 13.6. The molecule has 240 valence electrons. The van der Waals surface area contributed by atoms with Gasteiger partial charge in [0.1, 0.15) is 23.8 Å². The molecule has 2 heterocycles. The van der Waals surface area contributed by atoms with Crippen molar-refractivity contribution in [3.63, 3.8) is 0 Å². The van der Waals surface area contributed by atoms with Crippen LogP contribution in [0.4, 0.5) is 14.5 Å². The van der Waals surface area contributed by atoms with Crippen molar-refractivity contribution in [2.24, 2.45) is 5.92 Å². The van der Waals surface area contributed by atoms with Crippen LogP contribution in [0, 0.1) is 17.6 Å². The number of carbonyl (C=O) groups excluding carboxylic acids is 2. The Morgan fingerprint density at radius 2 is 1.62 bits per heavy atom. The van der Waals surface area contributed by atoms with Crippen molar-refractivity contribution in [3.05, 3.63) is 101 Å². The predicted octanol–water partition coefficient (Wildman–Crippen LogP) is 4.75. The minimum absolute atomic E-state index is 0.128. The van der Waals surface area contributed by atoms with E-state index in [9.17, 15) is 31.9 Å². The Hall–Kier alpha value is -3.55. The standard InChI is InChI=1S/C33H35F2NO8S/c34-25-7-5-23(6-8-25)30(38)14-13-29-31(36(32(29)39)27-11-9-26(35)10-12-27)24-3-1-22(2-4-24)15-17-33(20-43-21-33)44-19-28(37)16-18-45(40,41)42/h1-12,29-31,38H,13-21H2,(H,40,41,42)/t29-,30+,31-/m1/s1. The third-order valence-corrected chi connectivity index (χ3v) is 9.14. The molecular weight excluding hydrogens is 608 g/mol. The molecule has 45 heavy (non-hydrogen) atoms. The molecule has 0 aliphatic carbocycles. The molecule has 1 amide bonds. The van der Waals surface area contributed by atoms with Gasteiger partial charge in [0.15, 0.2) is 5.78 Å². The van der Waals surface area contributed by atoms with E-state index in [4.69, 9.17) is 14.0 Å². The third kappa shape index (κ3) is 8.19. The minimum Gasteiger partial charge on any atom is -0.388 e. The molecule has 3 aromatic carbocycles. The monoisotopic (exact) mass is 643 g/mol. The molecule has 5 rings (SSSR count). The summed E-state index contributed by atoms with van der Waals surface area (Å²) >= 11 is 0. The Labute approximate surface area is 260 Å². The zero-order valence-corrected chi connectivity index (χ0v) is 25.3. The third-order valence-electron chi connectivity index (χ3n) is 8.42. The quantitative estimate of drug-likeness (QED) is 0.179. The number of ketones is 1. The van der Waals surface area contributed by atoms with E-state index in [1.54, 1.807) is 17.0 Å². The van der Waals surface area contributed by atoms with Crippen LogP contribution in [0.2, 0.25) is 0 Å². The Kier molecular flexibility index (Phi) is 10.1. The smallest absolute Gasteiger partial charge is 0.265 e. The molecule has 9 nitrogen and oxygen atoms in total. The second-order valence-corrected chi connectivity index (χ2v) is 13.2. The SMILES string of the molecule is O=C(CCS(=O)(=O)O)COC1(CCc2ccc([C@@H]3[C@@H](CC[C@H](O)c4ccc(F)cc4)C(=O)N3c3ccc(F)cc3)cc2)COC1. The van der Waals surface area contributed by atoms with Gasteiger partial charge in [-0.05, 0) is 78.8 Å². The first-order valence-corrected chi connectivity index (χ1v) is 16.3. The van der Waals surface area contributed by atoms with Gasteiger partial charge in [0.2, 0.25) is 5.91 Å². The van der Waals surface area contributed by atoms with Gasteiger partial charge in [0.25, 0.3) is 10.1 Å². The molecule has 0 bridgehead atoms. The highest BCUT2D eigenvalue weighted by molar-refractivity contribution is 7.85. The summed E-state index contributed by atoms with van der Waals surface area (Å²) in [4.78, 5) is 27.0. The van der Waals surface area contributed by atoms with E-state index >= 15 is 0 Å². The Balaban J connectivity index is 1.23. The maximum Gasteiger partial charge on any atom is 0.265 e. The molecule has 2 aliphatic rings.